The lowest BCUT2D eigenvalue weighted by molar-refractivity contribution is 0.414. The van der Waals surface area contributed by atoms with Gasteiger partial charge in [0, 0.05) is 33.4 Å². The fourth-order valence-electron chi connectivity index (χ4n) is 1.67. The van der Waals surface area contributed by atoms with Crippen LogP contribution in [0.3, 0.4) is 0 Å². The van der Waals surface area contributed by atoms with E-state index in [-0.39, 0.29) is 5.82 Å². The van der Waals surface area contributed by atoms with Crippen molar-refractivity contribution in [3.8, 4) is 5.75 Å². The molecule has 2 rings (SSSR count). The van der Waals surface area contributed by atoms with Crippen LogP contribution in [0.25, 0.3) is 0 Å². The Morgan fingerprint density at radius 2 is 2.11 bits per heavy atom. The second-order valence-electron chi connectivity index (χ2n) is 3.93. The number of halogens is 3. The molecule has 0 atom stereocenters. The van der Waals surface area contributed by atoms with Gasteiger partial charge in [-0.05, 0) is 24.3 Å². The molecule has 2 aromatic carbocycles. The van der Waals surface area contributed by atoms with E-state index in [1.54, 1.807) is 19.2 Å². The molecule has 0 amide bonds. The molecule has 2 nitrogen and oxygen atoms in total. The normalized spacial score (nSPS) is 10.3. The minimum absolute atomic E-state index is 0.311. The second kappa shape index (κ2) is 6.26. The van der Waals surface area contributed by atoms with Crippen molar-refractivity contribution in [2.24, 2.45) is 0 Å². The second-order valence-corrected chi connectivity index (χ2v) is 5.26. The number of nitrogens with one attached hydrogen (secondary N) is 1. The lowest BCUT2D eigenvalue weighted by atomic mass is 10.2. The summed E-state index contributed by atoms with van der Waals surface area (Å²) in [5.74, 6) is 0.401. The largest absolute Gasteiger partial charge is 0.497 e. The Labute approximate surface area is 124 Å². The summed E-state index contributed by atoms with van der Waals surface area (Å²) in [5.41, 5.74) is 1.27. The van der Waals surface area contributed by atoms with Crippen LogP contribution in [-0.2, 0) is 6.54 Å². The molecular formula is C14H12BrClFNO. The van der Waals surface area contributed by atoms with Gasteiger partial charge in [0.15, 0.2) is 0 Å². The maximum atomic E-state index is 13.6. The van der Waals surface area contributed by atoms with Gasteiger partial charge in [-0.1, -0.05) is 33.6 Å². The van der Waals surface area contributed by atoms with Crippen LogP contribution in [0.1, 0.15) is 5.56 Å². The Hall–Kier alpha value is -1.26. The maximum absolute atomic E-state index is 13.6. The van der Waals surface area contributed by atoms with Gasteiger partial charge in [-0.25, -0.2) is 4.39 Å². The smallest absolute Gasteiger partial charge is 0.129 e. The highest BCUT2D eigenvalue weighted by Crippen LogP contribution is 2.26. The van der Waals surface area contributed by atoms with Crippen LogP contribution in [0.4, 0.5) is 10.1 Å². The van der Waals surface area contributed by atoms with Crippen LogP contribution < -0.4 is 10.1 Å². The summed E-state index contributed by atoms with van der Waals surface area (Å²) in [6.07, 6.45) is 0. The van der Waals surface area contributed by atoms with Crippen molar-refractivity contribution in [2.75, 3.05) is 12.4 Å². The van der Waals surface area contributed by atoms with Crippen LogP contribution in [0.2, 0.25) is 5.02 Å². The monoisotopic (exact) mass is 343 g/mol. The molecule has 0 fully saturated rings. The van der Waals surface area contributed by atoms with Crippen molar-refractivity contribution < 1.29 is 9.13 Å². The van der Waals surface area contributed by atoms with E-state index >= 15 is 0 Å². The Morgan fingerprint density at radius 3 is 2.79 bits per heavy atom. The topological polar surface area (TPSA) is 21.3 Å². The summed E-state index contributed by atoms with van der Waals surface area (Å²) in [6.45, 7) is 0.311. The van der Waals surface area contributed by atoms with E-state index in [1.165, 1.54) is 6.07 Å². The van der Waals surface area contributed by atoms with E-state index in [1.807, 2.05) is 18.2 Å². The van der Waals surface area contributed by atoms with Crippen molar-refractivity contribution in [1.29, 1.82) is 0 Å². The van der Waals surface area contributed by atoms with Gasteiger partial charge in [0.2, 0.25) is 0 Å². The highest BCUT2D eigenvalue weighted by Gasteiger charge is 2.07. The van der Waals surface area contributed by atoms with E-state index in [4.69, 9.17) is 16.3 Å². The summed E-state index contributed by atoms with van der Waals surface area (Å²) < 4.78 is 19.7. The van der Waals surface area contributed by atoms with Gasteiger partial charge < -0.3 is 10.1 Å². The molecule has 2 aromatic rings. The highest BCUT2D eigenvalue weighted by atomic mass is 79.9. The predicted octanol–water partition coefficient (Wildman–Crippen LogP) is 4.86. The fraction of sp³-hybridized carbons (Fsp3) is 0.143. The lowest BCUT2D eigenvalue weighted by Crippen LogP contribution is -2.03. The van der Waals surface area contributed by atoms with Gasteiger partial charge in [0.05, 0.1) is 7.11 Å². The zero-order valence-corrected chi connectivity index (χ0v) is 12.6. The van der Waals surface area contributed by atoms with Crippen LogP contribution >= 0.6 is 27.5 Å². The molecule has 0 unspecified atom stereocenters. The molecule has 0 saturated heterocycles. The van der Waals surface area contributed by atoms with Gasteiger partial charge in [0.1, 0.15) is 11.6 Å². The van der Waals surface area contributed by atoms with Crippen LogP contribution in [0.5, 0.6) is 5.75 Å². The van der Waals surface area contributed by atoms with Gasteiger partial charge in [-0.15, -0.1) is 0 Å². The first-order valence-electron chi connectivity index (χ1n) is 5.61. The summed E-state index contributed by atoms with van der Waals surface area (Å²) in [6, 6.07) is 10.2. The van der Waals surface area contributed by atoms with Crippen molar-refractivity contribution in [2.45, 2.75) is 6.54 Å². The third kappa shape index (κ3) is 3.61. The molecule has 0 aliphatic heterocycles. The van der Waals surface area contributed by atoms with E-state index in [2.05, 4.69) is 21.2 Å². The summed E-state index contributed by atoms with van der Waals surface area (Å²) in [7, 11) is 1.60. The first kappa shape index (κ1) is 14.2. The molecule has 0 aliphatic carbocycles. The standard InChI is InChI=1S/C14H12BrClFNO/c1-19-11-6-9(15)5-10(7-11)18-8-12-13(16)3-2-4-14(12)17/h2-7,18H,8H2,1H3. The average Bonchev–Trinajstić information content (AvgIpc) is 2.37. The van der Waals surface area contributed by atoms with Crippen LogP contribution in [0.15, 0.2) is 40.9 Å². The Balaban J connectivity index is 2.16. The number of benzene rings is 2. The lowest BCUT2D eigenvalue weighted by Gasteiger charge is -2.11. The average molecular weight is 345 g/mol. The third-order valence-corrected chi connectivity index (χ3v) is 3.45. The summed E-state index contributed by atoms with van der Waals surface area (Å²) in [4.78, 5) is 0. The van der Waals surface area contributed by atoms with Crippen molar-refractivity contribution in [1.82, 2.24) is 0 Å². The number of hydrogen-bond donors (Lipinski definition) is 1. The molecular weight excluding hydrogens is 333 g/mol. The first-order chi connectivity index (χ1) is 9.10. The highest BCUT2D eigenvalue weighted by molar-refractivity contribution is 9.10. The summed E-state index contributed by atoms with van der Waals surface area (Å²) in [5, 5.41) is 3.54. The molecule has 0 aromatic heterocycles. The first-order valence-corrected chi connectivity index (χ1v) is 6.78. The number of rotatable bonds is 4. The number of ether oxygens (including phenoxy) is 1. The van der Waals surface area contributed by atoms with Gasteiger partial charge in [-0.2, -0.15) is 0 Å². The molecule has 19 heavy (non-hydrogen) atoms. The van der Waals surface area contributed by atoms with E-state index in [0.717, 1.165) is 15.9 Å². The molecule has 0 aliphatic rings. The van der Waals surface area contributed by atoms with Crippen molar-refractivity contribution in [3.05, 3.63) is 57.3 Å². The zero-order valence-electron chi connectivity index (χ0n) is 10.2. The van der Waals surface area contributed by atoms with Gasteiger partial charge >= 0.3 is 0 Å². The Morgan fingerprint density at radius 1 is 1.32 bits per heavy atom. The quantitative estimate of drug-likeness (QED) is 0.855. The Bertz CT molecular complexity index is 571. The minimum Gasteiger partial charge on any atom is -0.497 e. The molecule has 0 saturated carbocycles. The maximum Gasteiger partial charge on any atom is 0.129 e. The van der Waals surface area contributed by atoms with E-state index < -0.39 is 0 Å². The number of methoxy groups -OCH3 is 1. The van der Waals surface area contributed by atoms with Crippen LogP contribution in [0, 0.1) is 5.82 Å². The van der Waals surface area contributed by atoms with Gasteiger partial charge in [0.25, 0.3) is 0 Å². The fourth-order valence-corrected chi connectivity index (χ4v) is 2.38. The SMILES string of the molecule is COc1cc(Br)cc(NCc2c(F)cccc2Cl)c1. The molecule has 0 spiro atoms. The molecule has 100 valence electrons. The van der Waals surface area contributed by atoms with Crippen molar-refractivity contribution >= 4 is 33.2 Å². The predicted molar refractivity (Wildman–Crippen MR) is 79.4 cm³/mol. The van der Waals surface area contributed by atoms with Gasteiger partial charge in [-0.3, -0.25) is 0 Å². The van der Waals surface area contributed by atoms with E-state index in [9.17, 15) is 4.39 Å². The zero-order chi connectivity index (χ0) is 13.8. The molecule has 0 radical (unpaired) electrons. The third-order valence-electron chi connectivity index (χ3n) is 2.64. The van der Waals surface area contributed by atoms with E-state index in [0.29, 0.717) is 17.1 Å². The van der Waals surface area contributed by atoms with Crippen molar-refractivity contribution in [3.63, 3.8) is 0 Å². The minimum atomic E-state index is -0.318. The Kier molecular flexibility index (Phi) is 4.66. The number of hydrogen-bond acceptors (Lipinski definition) is 2. The number of anilines is 1. The molecule has 0 heterocycles. The molecule has 5 heteroatoms. The molecule has 0 bridgehead atoms. The van der Waals surface area contributed by atoms with Crippen LogP contribution in [-0.4, -0.2) is 7.11 Å². The summed E-state index contributed by atoms with van der Waals surface area (Å²) >= 11 is 9.36. The molecule has 1 N–H and O–H groups in total.